The van der Waals surface area contributed by atoms with E-state index < -0.39 is 0 Å². The van der Waals surface area contributed by atoms with E-state index in [1.165, 1.54) is 13.0 Å². The Morgan fingerprint density at radius 2 is 1.96 bits per heavy atom. The molecule has 0 saturated carbocycles. The monoisotopic (exact) mass is 338 g/mol. The van der Waals surface area contributed by atoms with Crippen LogP contribution in [0.15, 0.2) is 48.7 Å². The maximum Gasteiger partial charge on any atom is 0.226 e. The Labute approximate surface area is 146 Å². The van der Waals surface area contributed by atoms with Crippen molar-refractivity contribution in [2.45, 2.75) is 26.3 Å². The summed E-state index contributed by atoms with van der Waals surface area (Å²) in [5.41, 5.74) is 2.83. The molecule has 1 N–H and O–H groups in total. The Hall–Kier alpha value is -2.95. The molecule has 128 valence electrons. The summed E-state index contributed by atoms with van der Waals surface area (Å²) in [7, 11) is 0. The van der Waals surface area contributed by atoms with Crippen LogP contribution in [0, 0.1) is 12.7 Å². The minimum atomic E-state index is -0.381. The first-order chi connectivity index (χ1) is 12.0. The van der Waals surface area contributed by atoms with Crippen molar-refractivity contribution < 1.29 is 14.0 Å². The van der Waals surface area contributed by atoms with Gasteiger partial charge in [0.05, 0.1) is 12.5 Å². The van der Waals surface area contributed by atoms with Crippen molar-refractivity contribution in [3.63, 3.8) is 0 Å². The van der Waals surface area contributed by atoms with Crippen LogP contribution in [-0.2, 0) is 9.59 Å². The SMILES string of the molecule is CC(=O)N1C=Cc2ccccc2[C@H]1CC(=O)Nc1ccc(C)c(F)c1. The summed E-state index contributed by atoms with van der Waals surface area (Å²) in [6.45, 7) is 3.13. The van der Waals surface area contributed by atoms with Crippen molar-refractivity contribution in [2.75, 3.05) is 5.32 Å². The van der Waals surface area contributed by atoms with Crippen LogP contribution in [0.3, 0.4) is 0 Å². The van der Waals surface area contributed by atoms with Crippen molar-refractivity contribution in [1.29, 1.82) is 0 Å². The highest BCUT2D eigenvalue weighted by Crippen LogP contribution is 2.33. The van der Waals surface area contributed by atoms with Crippen LogP contribution in [0.5, 0.6) is 0 Å². The average Bonchev–Trinajstić information content (AvgIpc) is 2.58. The lowest BCUT2D eigenvalue weighted by Crippen LogP contribution is -2.33. The van der Waals surface area contributed by atoms with Gasteiger partial charge >= 0.3 is 0 Å². The minimum absolute atomic E-state index is 0.0937. The van der Waals surface area contributed by atoms with Gasteiger partial charge in [-0.3, -0.25) is 9.59 Å². The highest BCUT2D eigenvalue weighted by molar-refractivity contribution is 5.92. The van der Waals surface area contributed by atoms with Crippen LogP contribution in [-0.4, -0.2) is 16.7 Å². The number of rotatable bonds is 3. The lowest BCUT2D eigenvalue weighted by atomic mass is 9.93. The summed E-state index contributed by atoms with van der Waals surface area (Å²) < 4.78 is 13.6. The Balaban J connectivity index is 1.81. The third-order valence-corrected chi connectivity index (χ3v) is 4.30. The zero-order valence-electron chi connectivity index (χ0n) is 14.1. The maximum absolute atomic E-state index is 13.6. The van der Waals surface area contributed by atoms with Crippen LogP contribution in [0.25, 0.3) is 6.08 Å². The molecule has 5 heteroatoms. The third kappa shape index (κ3) is 3.60. The number of nitrogens with one attached hydrogen (secondary N) is 1. The molecule has 25 heavy (non-hydrogen) atoms. The summed E-state index contributed by atoms with van der Waals surface area (Å²) in [5, 5.41) is 2.71. The molecule has 0 saturated heterocycles. The summed E-state index contributed by atoms with van der Waals surface area (Å²) in [5.74, 6) is -0.774. The van der Waals surface area contributed by atoms with Crippen molar-refractivity contribution >= 4 is 23.6 Å². The van der Waals surface area contributed by atoms with E-state index in [1.807, 2.05) is 30.3 Å². The van der Waals surface area contributed by atoms with E-state index >= 15 is 0 Å². The lowest BCUT2D eigenvalue weighted by molar-refractivity contribution is -0.129. The molecule has 0 fully saturated rings. The van der Waals surface area contributed by atoms with Gasteiger partial charge in [-0.2, -0.15) is 0 Å². The molecule has 0 aliphatic carbocycles. The van der Waals surface area contributed by atoms with Gasteiger partial charge in [0.25, 0.3) is 0 Å². The molecule has 2 amide bonds. The molecule has 3 rings (SSSR count). The first-order valence-corrected chi connectivity index (χ1v) is 8.08. The number of anilines is 1. The number of hydrogen-bond acceptors (Lipinski definition) is 2. The molecule has 2 aromatic rings. The van der Waals surface area contributed by atoms with E-state index in [9.17, 15) is 14.0 Å². The van der Waals surface area contributed by atoms with Gasteiger partial charge in [-0.15, -0.1) is 0 Å². The van der Waals surface area contributed by atoms with Crippen molar-refractivity contribution in [2.24, 2.45) is 0 Å². The third-order valence-electron chi connectivity index (χ3n) is 4.30. The van der Waals surface area contributed by atoms with Gasteiger partial charge < -0.3 is 10.2 Å². The highest BCUT2D eigenvalue weighted by atomic mass is 19.1. The Morgan fingerprint density at radius 1 is 1.20 bits per heavy atom. The molecule has 1 aliphatic rings. The van der Waals surface area contributed by atoms with Crippen LogP contribution < -0.4 is 5.32 Å². The fraction of sp³-hybridized carbons (Fsp3) is 0.200. The minimum Gasteiger partial charge on any atom is -0.326 e. The Bertz CT molecular complexity index is 861. The molecular weight excluding hydrogens is 319 g/mol. The average molecular weight is 338 g/mol. The molecule has 0 radical (unpaired) electrons. The summed E-state index contributed by atoms with van der Waals surface area (Å²) in [4.78, 5) is 25.9. The molecule has 1 aliphatic heterocycles. The number of carbonyl (C=O) groups is 2. The predicted octanol–water partition coefficient (Wildman–Crippen LogP) is 4.04. The smallest absolute Gasteiger partial charge is 0.226 e. The summed E-state index contributed by atoms with van der Waals surface area (Å²) >= 11 is 0. The maximum atomic E-state index is 13.6. The zero-order chi connectivity index (χ0) is 18.0. The topological polar surface area (TPSA) is 49.4 Å². The second-order valence-corrected chi connectivity index (χ2v) is 6.10. The van der Waals surface area contributed by atoms with E-state index in [0.717, 1.165) is 11.1 Å². The number of amides is 2. The van der Waals surface area contributed by atoms with Crippen LogP contribution in [0.4, 0.5) is 10.1 Å². The number of carbonyl (C=O) groups excluding carboxylic acids is 2. The first-order valence-electron chi connectivity index (χ1n) is 8.08. The molecule has 1 atom stereocenters. The van der Waals surface area contributed by atoms with E-state index in [4.69, 9.17) is 0 Å². The Kier molecular flexibility index (Phi) is 4.65. The van der Waals surface area contributed by atoms with Crippen molar-refractivity contribution in [1.82, 2.24) is 4.90 Å². The quantitative estimate of drug-likeness (QED) is 0.918. The number of halogens is 1. The standard InChI is InChI=1S/C20H19FN2O2/c1-13-7-8-16(11-18(13)21)22-20(25)12-19-17-6-4-3-5-15(17)9-10-23(19)14(2)24/h3-11,19H,12H2,1-2H3,(H,22,25)/t19-/m1/s1. The van der Waals surface area contributed by atoms with Crippen LogP contribution in [0.2, 0.25) is 0 Å². The van der Waals surface area contributed by atoms with Crippen molar-refractivity contribution in [3.8, 4) is 0 Å². The lowest BCUT2D eigenvalue weighted by Gasteiger charge is -2.32. The van der Waals surface area contributed by atoms with Gasteiger partial charge in [-0.1, -0.05) is 30.3 Å². The van der Waals surface area contributed by atoms with Crippen molar-refractivity contribution in [3.05, 3.63) is 71.2 Å². The summed E-state index contributed by atoms with van der Waals surface area (Å²) in [6, 6.07) is 11.9. The summed E-state index contributed by atoms with van der Waals surface area (Å²) in [6.07, 6.45) is 3.66. The number of benzene rings is 2. The van der Waals surface area contributed by atoms with Gasteiger partial charge in [-0.25, -0.2) is 4.39 Å². The normalized spacial score (nSPS) is 15.6. The Morgan fingerprint density at radius 3 is 2.68 bits per heavy atom. The number of aryl methyl sites for hydroxylation is 1. The van der Waals surface area contributed by atoms with Gasteiger partial charge in [-0.05, 0) is 41.8 Å². The molecule has 2 aromatic carbocycles. The fourth-order valence-electron chi connectivity index (χ4n) is 2.97. The van der Waals surface area contributed by atoms with Gasteiger partial charge in [0.15, 0.2) is 0 Å². The second-order valence-electron chi connectivity index (χ2n) is 6.10. The van der Waals surface area contributed by atoms with E-state index in [-0.39, 0.29) is 30.1 Å². The molecule has 0 aromatic heterocycles. The van der Waals surface area contributed by atoms with E-state index in [1.54, 1.807) is 30.2 Å². The van der Waals surface area contributed by atoms with E-state index in [0.29, 0.717) is 11.3 Å². The van der Waals surface area contributed by atoms with Crippen LogP contribution in [0.1, 0.15) is 36.1 Å². The molecule has 0 bridgehead atoms. The molecule has 0 unspecified atom stereocenters. The van der Waals surface area contributed by atoms with Gasteiger partial charge in [0, 0.05) is 18.8 Å². The number of fused-ring (bicyclic) bond motifs is 1. The number of hydrogen-bond donors (Lipinski definition) is 1. The molecule has 4 nitrogen and oxygen atoms in total. The first kappa shape index (κ1) is 16.9. The van der Waals surface area contributed by atoms with Crippen LogP contribution >= 0.6 is 0 Å². The largest absolute Gasteiger partial charge is 0.326 e. The molecule has 1 heterocycles. The molecule has 0 spiro atoms. The second kappa shape index (κ2) is 6.89. The highest BCUT2D eigenvalue weighted by Gasteiger charge is 2.28. The number of nitrogens with zero attached hydrogens (tertiary/aromatic N) is 1. The van der Waals surface area contributed by atoms with Gasteiger partial charge in [0.1, 0.15) is 5.82 Å². The predicted molar refractivity (Wildman–Crippen MR) is 95.1 cm³/mol. The zero-order valence-corrected chi connectivity index (χ0v) is 14.1. The molecular formula is C20H19FN2O2. The van der Waals surface area contributed by atoms with Gasteiger partial charge in [0.2, 0.25) is 11.8 Å². The van der Waals surface area contributed by atoms with E-state index in [2.05, 4.69) is 5.32 Å². The fourth-order valence-corrected chi connectivity index (χ4v) is 2.97.